The summed E-state index contributed by atoms with van der Waals surface area (Å²) in [4.78, 5) is 15.7. The third-order valence-corrected chi connectivity index (χ3v) is 5.50. The van der Waals surface area contributed by atoms with Crippen LogP contribution in [-0.2, 0) is 4.74 Å². The second-order valence-corrected chi connectivity index (χ2v) is 8.10. The van der Waals surface area contributed by atoms with Crippen molar-refractivity contribution in [3.05, 3.63) is 23.8 Å². The summed E-state index contributed by atoms with van der Waals surface area (Å²) in [6.45, 7) is 3.54. The highest BCUT2D eigenvalue weighted by molar-refractivity contribution is 7.99. The van der Waals surface area contributed by atoms with Gasteiger partial charge in [0.15, 0.2) is 11.6 Å². The molecule has 1 aromatic rings. The number of halogens is 2. The Labute approximate surface area is 161 Å². The fraction of sp³-hybridized carbons (Fsp3) is 0.529. The Kier molecular flexibility index (Phi) is 6.18. The maximum atomic E-state index is 14.7. The van der Waals surface area contributed by atoms with Gasteiger partial charge in [-0.2, -0.15) is 11.8 Å². The van der Waals surface area contributed by atoms with Gasteiger partial charge < -0.3 is 15.0 Å². The van der Waals surface area contributed by atoms with Gasteiger partial charge in [0.2, 0.25) is 0 Å². The van der Waals surface area contributed by atoms with Crippen molar-refractivity contribution in [3.8, 4) is 0 Å². The summed E-state index contributed by atoms with van der Waals surface area (Å²) in [7, 11) is 0. The minimum Gasteiger partial charge on any atom is -0.442 e. The molecule has 2 fully saturated rings. The van der Waals surface area contributed by atoms with Gasteiger partial charge in [-0.05, 0) is 19.1 Å². The number of nitrogens with zero attached hydrogens (tertiary/aromatic N) is 2. The van der Waals surface area contributed by atoms with Crippen LogP contribution < -0.4 is 15.1 Å². The van der Waals surface area contributed by atoms with Crippen LogP contribution in [0.25, 0.3) is 0 Å². The second-order valence-electron chi connectivity index (χ2n) is 6.26. The van der Waals surface area contributed by atoms with E-state index in [-0.39, 0.29) is 17.9 Å². The topological polar surface area (TPSA) is 44.8 Å². The van der Waals surface area contributed by atoms with Crippen LogP contribution >= 0.6 is 24.0 Å². The highest BCUT2D eigenvalue weighted by Crippen LogP contribution is 2.32. The van der Waals surface area contributed by atoms with Gasteiger partial charge in [0.25, 0.3) is 0 Å². The standard InChI is InChI=1S/C17H21F2N3O2S2/c1-11(25)20-9-13-10-22(17(23)24-13)12-7-14(18)16(15(19)8-12)21-3-2-5-26-6-4-21/h7-8,13H,2-6,9-10H2,1H3,(H,20,25). The van der Waals surface area contributed by atoms with E-state index in [0.717, 1.165) is 17.9 Å². The van der Waals surface area contributed by atoms with Crippen molar-refractivity contribution in [1.29, 1.82) is 0 Å². The van der Waals surface area contributed by atoms with E-state index in [1.165, 1.54) is 17.0 Å². The third-order valence-electron chi connectivity index (χ3n) is 4.30. The van der Waals surface area contributed by atoms with Crippen molar-refractivity contribution in [2.24, 2.45) is 0 Å². The zero-order valence-electron chi connectivity index (χ0n) is 14.5. The van der Waals surface area contributed by atoms with Crippen LogP contribution in [0.15, 0.2) is 12.1 Å². The smallest absolute Gasteiger partial charge is 0.414 e. The lowest BCUT2D eigenvalue weighted by molar-refractivity contribution is 0.143. The van der Waals surface area contributed by atoms with Gasteiger partial charge in [-0.15, -0.1) is 0 Å². The molecule has 0 spiro atoms. The molecule has 1 unspecified atom stereocenters. The van der Waals surface area contributed by atoms with E-state index >= 15 is 0 Å². The van der Waals surface area contributed by atoms with Gasteiger partial charge in [-0.25, -0.2) is 13.6 Å². The highest BCUT2D eigenvalue weighted by atomic mass is 32.2. The molecule has 1 aromatic carbocycles. The number of rotatable bonds is 4. The van der Waals surface area contributed by atoms with Crippen molar-refractivity contribution in [3.63, 3.8) is 0 Å². The van der Waals surface area contributed by atoms with Crippen LogP contribution in [-0.4, -0.2) is 54.9 Å². The monoisotopic (exact) mass is 401 g/mol. The molecule has 0 aromatic heterocycles. The molecule has 0 aliphatic carbocycles. The van der Waals surface area contributed by atoms with E-state index < -0.39 is 23.8 Å². The van der Waals surface area contributed by atoms with Gasteiger partial charge in [0.1, 0.15) is 11.8 Å². The number of thioether (sulfide) groups is 1. The number of thiocarbonyl (C=S) groups is 1. The predicted molar refractivity (Wildman–Crippen MR) is 104 cm³/mol. The lowest BCUT2D eigenvalue weighted by atomic mass is 10.2. The summed E-state index contributed by atoms with van der Waals surface area (Å²) in [6, 6.07) is 2.41. The number of hydrogen-bond acceptors (Lipinski definition) is 5. The average Bonchev–Trinajstić information content (AvgIpc) is 2.77. The minimum atomic E-state index is -0.656. The molecule has 2 saturated heterocycles. The summed E-state index contributed by atoms with van der Waals surface area (Å²) >= 11 is 6.72. The van der Waals surface area contributed by atoms with Crippen LogP contribution in [0.4, 0.5) is 25.0 Å². The maximum absolute atomic E-state index is 14.7. The summed E-state index contributed by atoms with van der Waals surface area (Å²) in [6.07, 6.45) is -0.150. The Morgan fingerprint density at radius 3 is 2.77 bits per heavy atom. The molecule has 0 saturated carbocycles. The van der Waals surface area contributed by atoms with Crippen molar-refractivity contribution >= 4 is 46.4 Å². The first-order valence-electron chi connectivity index (χ1n) is 8.50. The van der Waals surface area contributed by atoms with Crippen LogP contribution in [0.1, 0.15) is 13.3 Å². The molecule has 2 heterocycles. The Balaban J connectivity index is 1.77. The Morgan fingerprint density at radius 2 is 2.08 bits per heavy atom. The Morgan fingerprint density at radius 1 is 1.35 bits per heavy atom. The summed E-state index contributed by atoms with van der Waals surface area (Å²) in [5.74, 6) is 0.521. The third kappa shape index (κ3) is 4.37. The zero-order chi connectivity index (χ0) is 18.7. The van der Waals surface area contributed by atoms with Crippen molar-refractivity contribution < 1.29 is 18.3 Å². The molecule has 9 heteroatoms. The van der Waals surface area contributed by atoms with Crippen molar-refractivity contribution in [1.82, 2.24) is 5.32 Å². The quantitative estimate of drug-likeness (QED) is 0.782. The van der Waals surface area contributed by atoms with Crippen LogP contribution in [0.2, 0.25) is 0 Å². The van der Waals surface area contributed by atoms with E-state index in [9.17, 15) is 13.6 Å². The molecule has 0 bridgehead atoms. The van der Waals surface area contributed by atoms with Crippen LogP contribution in [0, 0.1) is 11.6 Å². The number of amides is 1. The number of nitrogens with one attached hydrogen (secondary N) is 1. The fourth-order valence-electron chi connectivity index (χ4n) is 3.08. The lowest BCUT2D eigenvalue weighted by Crippen LogP contribution is -2.32. The summed E-state index contributed by atoms with van der Waals surface area (Å²) in [5, 5.41) is 2.93. The van der Waals surface area contributed by atoms with Crippen molar-refractivity contribution in [2.75, 3.05) is 47.5 Å². The molecule has 3 rings (SSSR count). The van der Waals surface area contributed by atoms with Crippen molar-refractivity contribution in [2.45, 2.75) is 19.4 Å². The number of cyclic esters (lactones) is 1. The number of hydrogen-bond donors (Lipinski definition) is 1. The molecule has 26 heavy (non-hydrogen) atoms. The van der Waals surface area contributed by atoms with E-state index in [1.807, 2.05) is 0 Å². The van der Waals surface area contributed by atoms with E-state index in [0.29, 0.717) is 24.6 Å². The molecule has 1 atom stereocenters. The first kappa shape index (κ1) is 19.2. The largest absolute Gasteiger partial charge is 0.442 e. The maximum Gasteiger partial charge on any atom is 0.414 e. The van der Waals surface area contributed by atoms with E-state index in [1.54, 1.807) is 23.6 Å². The molecule has 1 amide bonds. The van der Waals surface area contributed by atoms with E-state index in [2.05, 4.69) is 5.32 Å². The van der Waals surface area contributed by atoms with E-state index in [4.69, 9.17) is 17.0 Å². The lowest BCUT2D eigenvalue weighted by Gasteiger charge is -2.24. The molecule has 5 nitrogen and oxygen atoms in total. The number of ether oxygens (including phenoxy) is 1. The molecule has 1 N–H and O–H groups in total. The predicted octanol–water partition coefficient (Wildman–Crippen LogP) is 3.17. The minimum absolute atomic E-state index is 0.0154. The number of carbonyl (C=O) groups excluding carboxylic acids is 1. The Hall–Kier alpha value is -1.61. The first-order valence-corrected chi connectivity index (χ1v) is 10.1. The van der Waals surface area contributed by atoms with Gasteiger partial charge in [-0.3, -0.25) is 4.90 Å². The van der Waals surface area contributed by atoms with Gasteiger partial charge in [0, 0.05) is 31.0 Å². The highest BCUT2D eigenvalue weighted by Gasteiger charge is 2.33. The zero-order valence-corrected chi connectivity index (χ0v) is 16.1. The average molecular weight is 402 g/mol. The Bertz CT molecular complexity index is 674. The summed E-state index contributed by atoms with van der Waals surface area (Å²) in [5.41, 5.74) is 0.151. The molecule has 2 aliphatic rings. The summed E-state index contributed by atoms with van der Waals surface area (Å²) < 4.78 is 34.6. The SMILES string of the molecule is CC(=S)NCC1CN(c2cc(F)c(N3CCCSCC3)c(F)c2)C(=O)O1. The molecule has 2 aliphatic heterocycles. The fourth-order valence-corrected chi connectivity index (χ4v) is 4.05. The molecular formula is C17H21F2N3O2S2. The number of carbonyl (C=O) groups is 1. The normalized spacial score (nSPS) is 20.7. The van der Waals surface area contributed by atoms with Crippen LogP contribution in [0.3, 0.4) is 0 Å². The van der Waals surface area contributed by atoms with Crippen LogP contribution in [0.5, 0.6) is 0 Å². The number of anilines is 2. The first-order chi connectivity index (χ1) is 12.5. The van der Waals surface area contributed by atoms with Gasteiger partial charge in [0.05, 0.1) is 23.8 Å². The second kappa shape index (κ2) is 8.39. The molecular weight excluding hydrogens is 380 g/mol. The number of benzene rings is 1. The van der Waals surface area contributed by atoms with Gasteiger partial charge >= 0.3 is 6.09 Å². The van der Waals surface area contributed by atoms with Gasteiger partial charge in [-0.1, -0.05) is 12.2 Å². The molecule has 142 valence electrons. The molecule has 0 radical (unpaired) electrons.